The first kappa shape index (κ1) is 30.9. The Morgan fingerprint density at radius 2 is 1.52 bits per heavy atom. The molecule has 1 fully saturated rings. The zero-order chi connectivity index (χ0) is 29.6. The van der Waals surface area contributed by atoms with Crippen molar-refractivity contribution in [1.82, 2.24) is 0 Å². The van der Waals surface area contributed by atoms with Gasteiger partial charge in [0.1, 0.15) is 31.0 Å². The summed E-state index contributed by atoms with van der Waals surface area (Å²) in [7, 11) is 1.52. The van der Waals surface area contributed by atoms with Gasteiger partial charge in [0, 0.05) is 12.0 Å². The zero-order valence-corrected chi connectivity index (χ0v) is 23.5. The monoisotopic (exact) mass is 573 g/mol. The molecule has 0 radical (unpaired) electrons. The van der Waals surface area contributed by atoms with Crippen LogP contribution in [0, 0.1) is 0 Å². The van der Waals surface area contributed by atoms with Crippen molar-refractivity contribution in [2.45, 2.75) is 50.5 Å². The lowest BCUT2D eigenvalue weighted by molar-refractivity contribution is -0.318. The summed E-state index contributed by atoms with van der Waals surface area (Å²) < 4.78 is 36.7. The van der Waals surface area contributed by atoms with E-state index in [4.69, 9.17) is 34.0 Å². The zero-order valence-electron chi connectivity index (χ0n) is 23.5. The van der Waals surface area contributed by atoms with Crippen LogP contribution in [0.2, 0.25) is 0 Å². The number of benzene rings is 3. The van der Waals surface area contributed by atoms with Crippen LogP contribution in [-0.2, 0) is 48.2 Å². The molecule has 0 amide bonds. The van der Waals surface area contributed by atoms with Crippen molar-refractivity contribution in [3.8, 4) is 0 Å². The van der Waals surface area contributed by atoms with E-state index in [1.165, 1.54) is 7.11 Å². The van der Waals surface area contributed by atoms with E-state index in [-0.39, 0.29) is 26.4 Å². The molecule has 3 aromatic rings. The second-order valence-corrected chi connectivity index (χ2v) is 9.53. The Morgan fingerprint density at radius 1 is 0.905 bits per heavy atom. The highest BCUT2D eigenvalue weighted by Crippen LogP contribution is 2.31. The third-order valence-corrected chi connectivity index (χ3v) is 6.72. The second kappa shape index (κ2) is 16.4. The molecule has 4 rings (SSSR count). The van der Waals surface area contributed by atoms with Crippen molar-refractivity contribution < 1.29 is 33.2 Å². The summed E-state index contributed by atoms with van der Waals surface area (Å²) >= 11 is 0. The molecular weight excluding hydrogens is 538 g/mol. The molecule has 0 aromatic heterocycles. The average Bonchev–Trinajstić information content (AvgIpc) is 3.04. The molecule has 3 aromatic carbocycles. The number of azide groups is 1. The molecule has 10 heteroatoms. The highest BCUT2D eigenvalue weighted by atomic mass is 16.7. The van der Waals surface area contributed by atoms with Crippen molar-refractivity contribution in [1.29, 1.82) is 0 Å². The molecule has 5 atom stereocenters. The molecule has 0 N–H and O–H groups in total. The molecule has 220 valence electrons. The maximum absolute atomic E-state index is 13.2. The third-order valence-electron chi connectivity index (χ3n) is 6.72. The Balaban J connectivity index is 1.59. The van der Waals surface area contributed by atoms with Gasteiger partial charge >= 0.3 is 5.97 Å². The number of ether oxygens (including phenoxy) is 6. The van der Waals surface area contributed by atoms with E-state index in [1.807, 2.05) is 60.7 Å². The van der Waals surface area contributed by atoms with Gasteiger partial charge < -0.3 is 28.4 Å². The van der Waals surface area contributed by atoms with Gasteiger partial charge in [0.2, 0.25) is 0 Å². The van der Waals surface area contributed by atoms with Crippen molar-refractivity contribution in [3.05, 3.63) is 130 Å². The molecule has 0 unspecified atom stereocenters. The maximum atomic E-state index is 13.2. The summed E-state index contributed by atoms with van der Waals surface area (Å²) in [6, 6.07) is 26.3. The highest BCUT2D eigenvalue weighted by Gasteiger charge is 2.49. The van der Waals surface area contributed by atoms with Crippen molar-refractivity contribution >= 4 is 5.97 Å². The third kappa shape index (κ3) is 8.50. The molecule has 10 nitrogen and oxygen atoms in total. The van der Waals surface area contributed by atoms with Crippen LogP contribution in [-0.4, -0.2) is 57.0 Å². The van der Waals surface area contributed by atoms with E-state index in [9.17, 15) is 4.79 Å². The van der Waals surface area contributed by atoms with E-state index in [0.29, 0.717) is 17.7 Å². The van der Waals surface area contributed by atoms with Gasteiger partial charge in [0.15, 0.2) is 6.29 Å². The second-order valence-electron chi connectivity index (χ2n) is 9.53. The van der Waals surface area contributed by atoms with E-state index in [1.54, 1.807) is 30.3 Å². The standard InChI is InChI=1S/C32H35N3O7/c1-3-18-38-30-29(40-21-24-14-8-5-9-15-24)28(39-20-23-12-6-4-7-13-23)27(42-32(30)37-2)22-41-31(36)26-17-11-10-16-25(26)19-34-35-33/h3-17,27-30,32H,1,18-22H2,2H3/t27-,28-,29+,30-,32-/m1/s1. The normalized spacial score (nSPS) is 21.7. The van der Waals surface area contributed by atoms with E-state index in [0.717, 1.165) is 11.1 Å². The van der Waals surface area contributed by atoms with Crippen LogP contribution in [0.25, 0.3) is 10.4 Å². The lowest BCUT2D eigenvalue weighted by atomic mass is 9.98. The summed E-state index contributed by atoms with van der Waals surface area (Å²) in [4.78, 5) is 15.9. The first-order chi connectivity index (χ1) is 20.6. The van der Waals surface area contributed by atoms with Gasteiger partial charge in [-0.25, -0.2) is 4.79 Å². The van der Waals surface area contributed by atoms with Crippen LogP contribution >= 0.6 is 0 Å². The minimum atomic E-state index is -0.830. The van der Waals surface area contributed by atoms with Gasteiger partial charge in [-0.1, -0.05) is 90.1 Å². The van der Waals surface area contributed by atoms with Crippen LogP contribution in [0.15, 0.2) is 103 Å². The van der Waals surface area contributed by atoms with Gasteiger partial charge in [-0.3, -0.25) is 0 Å². The maximum Gasteiger partial charge on any atom is 0.338 e. The van der Waals surface area contributed by atoms with Crippen molar-refractivity contribution in [2.24, 2.45) is 5.11 Å². The fraction of sp³-hybridized carbons (Fsp3) is 0.344. The molecule has 1 saturated heterocycles. The number of nitrogens with zero attached hydrogens (tertiary/aromatic N) is 3. The summed E-state index contributed by atoms with van der Waals surface area (Å²) in [5.74, 6) is -0.579. The number of esters is 1. The van der Waals surface area contributed by atoms with Crippen LogP contribution in [0.4, 0.5) is 0 Å². The van der Waals surface area contributed by atoms with Gasteiger partial charge in [-0.05, 0) is 28.3 Å². The lowest BCUT2D eigenvalue weighted by Gasteiger charge is -2.45. The Kier molecular flexibility index (Phi) is 12.1. The van der Waals surface area contributed by atoms with Crippen LogP contribution in [0.1, 0.15) is 27.0 Å². The molecule has 0 saturated carbocycles. The molecule has 1 aliphatic rings. The minimum Gasteiger partial charge on any atom is -0.459 e. The Hall–Kier alpha value is -4.02. The first-order valence-corrected chi connectivity index (χ1v) is 13.6. The number of rotatable bonds is 15. The van der Waals surface area contributed by atoms with Crippen molar-refractivity contribution in [3.63, 3.8) is 0 Å². The molecule has 1 heterocycles. The van der Waals surface area contributed by atoms with Crippen LogP contribution < -0.4 is 0 Å². The SMILES string of the molecule is C=CCO[C@H]1[C@H](OC)O[C@H](COC(=O)c2ccccc2CN=[N+]=[N-])[C@@H](OCc2ccccc2)[C@@H]1OCc1ccccc1. The molecule has 0 aliphatic carbocycles. The number of hydrogen-bond acceptors (Lipinski definition) is 8. The highest BCUT2D eigenvalue weighted by molar-refractivity contribution is 5.91. The summed E-state index contributed by atoms with van der Waals surface area (Å²) in [5, 5.41) is 3.58. The smallest absolute Gasteiger partial charge is 0.338 e. The van der Waals surface area contributed by atoms with Gasteiger partial charge in [0.25, 0.3) is 0 Å². The molecule has 42 heavy (non-hydrogen) atoms. The quantitative estimate of drug-likeness (QED) is 0.0744. The Labute approximate surface area is 245 Å². The van der Waals surface area contributed by atoms with Crippen LogP contribution in [0.5, 0.6) is 0 Å². The van der Waals surface area contributed by atoms with Gasteiger partial charge in [-0.2, -0.15) is 0 Å². The molecular formula is C32H35N3O7. The largest absolute Gasteiger partial charge is 0.459 e. The Bertz CT molecular complexity index is 1320. The summed E-state index contributed by atoms with van der Waals surface area (Å²) in [6.45, 7) is 4.44. The molecule has 1 aliphatic heterocycles. The van der Waals surface area contributed by atoms with Gasteiger partial charge in [-0.15, -0.1) is 6.58 Å². The molecule has 0 bridgehead atoms. The average molecular weight is 574 g/mol. The minimum absolute atomic E-state index is 0.0218. The Morgan fingerprint density at radius 3 is 2.14 bits per heavy atom. The number of carbonyl (C=O) groups excluding carboxylic acids is 1. The number of hydrogen-bond donors (Lipinski definition) is 0. The lowest BCUT2D eigenvalue weighted by Crippen LogP contribution is -2.61. The molecule has 0 spiro atoms. The fourth-order valence-electron chi connectivity index (χ4n) is 4.68. The fourth-order valence-corrected chi connectivity index (χ4v) is 4.68. The van der Waals surface area contributed by atoms with Crippen LogP contribution in [0.3, 0.4) is 0 Å². The van der Waals surface area contributed by atoms with E-state index < -0.39 is 36.7 Å². The predicted octanol–water partition coefficient (Wildman–Crippen LogP) is 5.77. The van der Waals surface area contributed by atoms with E-state index >= 15 is 0 Å². The first-order valence-electron chi connectivity index (χ1n) is 13.6. The summed E-state index contributed by atoms with van der Waals surface area (Å²) in [6.07, 6.45) is -1.94. The van der Waals surface area contributed by atoms with E-state index in [2.05, 4.69) is 16.6 Å². The predicted molar refractivity (Wildman–Crippen MR) is 155 cm³/mol. The van der Waals surface area contributed by atoms with Crippen molar-refractivity contribution in [2.75, 3.05) is 20.3 Å². The summed E-state index contributed by atoms with van der Waals surface area (Å²) in [5.41, 5.74) is 11.5. The van der Waals surface area contributed by atoms with Gasteiger partial charge in [0.05, 0.1) is 31.9 Å². The topological polar surface area (TPSA) is 121 Å². The number of methoxy groups -OCH3 is 1. The number of carbonyl (C=O) groups is 1.